The second kappa shape index (κ2) is 16.0. The van der Waals surface area contributed by atoms with Gasteiger partial charge in [0.25, 0.3) is 0 Å². The number of alkyl carbamates (subject to hydrolysis) is 1. The number of unbranched alkanes of at least 4 members (excludes halogenated alkanes) is 6. The molecule has 0 saturated heterocycles. The Morgan fingerprint density at radius 2 is 1.47 bits per heavy atom. The zero-order valence-electron chi connectivity index (χ0n) is 20.0. The van der Waals surface area contributed by atoms with Gasteiger partial charge in [-0.1, -0.05) is 45.4 Å². The maximum Gasteiger partial charge on any atom is 0.408 e. The molecule has 0 radical (unpaired) electrons. The van der Waals surface area contributed by atoms with Crippen molar-refractivity contribution in [3.05, 3.63) is 0 Å². The van der Waals surface area contributed by atoms with Gasteiger partial charge in [0.05, 0.1) is 0 Å². The summed E-state index contributed by atoms with van der Waals surface area (Å²) < 4.78 is 10.8. The highest BCUT2D eigenvalue weighted by atomic mass is 16.6. The van der Waals surface area contributed by atoms with Crippen LogP contribution in [0.4, 0.5) is 4.79 Å². The van der Waals surface area contributed by atoms with Crippen molar-refractivity contribution >= 4 is 18.0 Å². The van der Waals surface area contributed by atoms with Crippen LogP contribution < -0.4 is 10.6 Å². The zero-order valence-corrected chi connectivity index (χ0v) is 20.0. The number of hydrogen-bond acceptors (Lipinski definition) is 5. The van der Waals surface area contributed by atoms with Crippen LogP contribution in [0.3, 0.4) is 0 Å². The van der Waals surface area contributed by atoms with Gasteiger partial charge < -0.3 is 20.1 Å². The summed E-state index contributed by atoms with van der Waals surface area (Å²) in [5.41, 5.74) is -0.632. The van der Waals surface area contributed by atoms with E-state index >= 15 is 0 Å². The van der Waals surface area contributed by atoms with E-state index < -0.39 is 23.7 Å². The van der Waals surface area contributed by atoms with E-state index in [-0.39, 0.29) is 12.0 Å². The number of nitrogens with one attached hydrogen (secondary N) is 2. The Bertz CT molecular complexity index is 502. The maximum absolute atomic E-state index is 12.4. The fourth-order valence-electron chi connectivity index (χ4n) is 3.02. The largest absolute Gasteiger partial charge is 0.461 e. The molecule has 0 aliphatic carbocycles. The highest BCUT2D eigenvalue weighted by molar-refractivity contribution is 5.81. The number of amides is 2. The summed E-state index contributed by atoms with van der Waals surface area (Å²) in [5, 5.41) is 5.13. The zero-order chi connectivity index (χ0) is 23.0. The Kier molecular flexibility index (Phi) is 15.0. The van der Waals surface area contributed by atoms with Gasteiger partial charge in [-0.3, -0.25) is 4.79 Å². The first-order valence-corrected chi connectivity index (χ1v) is 11.5. The Balaban J connectivity index is 4.51. The smallest absolute Gasteiger partial charge is 0.408 e. The van der Waals surface area contributed by atoms with Crippen molar-refractivity contribution < 1.29 is 23.9 Å². The molecule has 0 bridgehead atoms. The lowest BCUT2D eigenvalue weighted by Crippen LogP contribution is -2.43. The van der Waals surface area contributed by atoms with Crippen molar-refractivity contribution in [1.29, 1.82) is 0 Å². The van der Waals surface area contributed by atoms with Crippen LogP contribution in [0, 0.1) is 0 Å². The van der Waals surface area contributed by atoms with Crippen LogP contribution >= 0.6 is 0 Å². The molecule has 0 heterocycles. The summed E-state index contributed by atoms with van der Waals surface area (Å²) in [6.07, 6.45) is 9.89. The van der Waals surface area contributed by atoms with Gasteiger partial charge in [0.15, 0.2) is 0 Å². The fourth-order valence-corrected chi connectivity index (χ4v) is 3.02. The van der Waals surface area contributed by atoms with Crippen LogP contribution in [-0.4, -0.2) is 42.8 Å². The fraction of sp³-hybridized carbons (Fsp3) is 0.870. The van der Waals surface area contributed by atoms with E-state index in [1.165, 1.54) is 32.1 Å². The summed E-state index contributed by atoms with van der Waals surface area (Å²) in [4.78, 5) is 35.8. The summed E-state index contributed by atoms with van der Waals surface area (Å²) >= 11 is 0. The molecule has 0 rings (SSSR count). The van der Waals surface area contributed by atoms with Gasteiger partial charge in [0.2, 0.25) is 5.91 Å². The van der Waals surface area contributed by atoms with Crippen LogP contribution in [-0.2, 0) is 19.1 Å². The lowest BCUT2D eigenvalue weighted by molar-refractivity contribution is -0.152. The van der Waals surface area contributed by atoms with E-state index in [9.17, 15) is 14.4 Å². The molecule has 0 spiro atoms. The van der Waals surface area contributed by atoms with E-state index in [2.05, 4.69) is 17.6 Å². The average Bonchev–Trinajstić information content (AvgIpc) is 2.65. The van der Waals surface area contributed by atoms with E-state index in [0.29, 0.717) is 19.3 Å². The van der Waals surface area contributed by atoms with Crippen molar-refractivity contribution in [2.24, 2.45) is 0 Å². The third kappa shape index (κ3) is 16.1. The number of esters is 1. The average molecular weight is 429 g/mol. The van der Waals surface area contributed by atoms with Crippen LogP contribution in [0.2, 0.25) is 0 Å². The van der Waals surface area contributed by atoms with Crippen LogP contribution in [0.5, 0.6) is 0 Å². The van der Waals surface area contributed by atoms with Crippen LogP contribution in [0.1, 0.15) is 105 Å². The lowest BCUT2D eigenvalue weighted by Gasteiger charge is -2.23. The molecule has 2 atom stereocenters. The number of carbonyl (C=O) groups is 3. The van der Waals surface area contributed by atoms with Crippen LogP contribution in [0.25, 0.3) is 0 Å². The van der Waals surface area contributed by atoms with Crippen molar-refractivity contribution in [1.82, 2.24) is 10.6 Å². The third-order valence-corrected chi connectivity index (χ3v) is 4.71. The van der Waals surface area contributed by atoms with Crippen molar-refractivity contribution in [3.63, 3.8) is 0 Å². The molecule has 30 heavy (non-hydrogen) atoms. The van der Waals surface area contributed by atoms with Gasteiger partial charge >= 0.3 is 12.1 Å². The number of hydrogen-bond donors (Lipinski definition) is 2. The maximum atomic E-state index is 12.4. The van der Waals surface area contributed by atoms with E-state index in [4.69, 9.17) is 9.47 Å². The van der Waals surface area contributed by atoms with E-state index in [1.807, 2.05) is 0 Å². The molecule has 0 saturated carbocycles. The second-order valence-corrected chi connectivity index (χ2v) is 8.90. The minimum absolute atomic E-state index is 0.0176. The van der Waals surface area contributed by atoms with Gasteiger partial charge in [-0.25, -0.2) is 9.59 Å². The number of rotatable bonds is 15. The van der Waals surface area contributed by atoms with Crippen molar-refractivity contribution in [3.8, 4) is 0 Å². The number of carbonyl (C=O) groups excluding carboxylic acids is 3. The first kappa shape index (κ1) is 28.2. The monoisotopic (exact) mass is 428 g/mol. The molecule has 7 nitrogen and oxygen atoms in total. The molecule has 1 unspecified atom stereocenters. The lowest BCUT2D eigenvalue weighted by atomic mass is 10.0. The minimum atomic E-state index is -0.796. The molecule has 0 aliphatic rings. The first-order chi connectivity index (χ1) is 14.1. The summed E-state index contributed by atoms with van der Waals surface area (Å²) in [6, 6.07) is -0.796. The minimum Gasteiger partial charge on any atom is -0.461 e. The SMILES string of the molecule is CCCCCCCCC[C@H](CCCC(=O)NC)OC(=O)C(C)NC(=O)OC(C)(C)C. The normalized spacial score (nSPS) is 13.3. The molecule has 0 aromatic carbocycles. The highest BCUT2D eigenvalue weighted by Crippen LogP contribution is 2.16. The van der Waals surface area contributed by atoms with Crippen molar-refractivity contribution in [2.75, 3.05) is 7.05 Å². The second-order valence-electron chi connectivity index (χ2n) is 8.90. The Morgan fingerprint density at radius 3 is 2.03 bits per heavy atom. The molecule has 176 valence electrons. The molecular weight excluding hydrogens is 384 g/mol. The Hall–Kier alpha value is -1.79. The van der Waals surface area contributed by atoms with Gasteiger partial charge in [-0.15, -0.1) is 0 Å². The van der Waals surface area contributed by atoms with E-state index in [0.717, 1.165) is 19.3 Å². The molecule has 2 N–H and O–H groups in total. The van der Waals surface area contributed by atoms with E-state index in [1.54, 1.807) is 34.7 Å². The highest BCUT2D eigenvalue weighted by Gasteiger charge is 2.24. The molecule has 0 aromatic heterocycles. The summed E-state index contributed by atoms with van der Waals surface area (Å²) in [5.74, 6) is -0.496. The molecular formula is C23H44N2O5. The number of ether oxygens (including phenoxy) is 2. The standard InChI is InChI=1S/C23H44N2O5/c1-7-8-9-10-11-12-13-15-19(16-14-17-20(26)24-6)29-21(27)18(2)25-22(28)30-23(3,4)5/h18-19H,7-17H2,1-6H3,(H,24,26)(H,25,28)/t18?,19-/m1/s1. The van der Waals surface area contributed by atoms with Gasteiger partial charge in [-0.2, -0.15) is 0 Å². The summed E-state index contributed by atoms with van der Waals surface area (Å²) in [6.45, 7) is 9.08. The van der Waals surface area contributed by atoms with Crippen LogP contribution in [0.15, 0.2) is 0 Å². The van der Waals surface area contributed by atoms with Crippen molar-refractivity contribution in [2.45, 2.75) is 123 Å². The third-order valence-electron chi connectivity index (χ3n) is 4.71. The molecule has 2 amide bonds. The Labute approximate surface area is 183 Å². The first-order valence-electron chi connectivity index (χ1n) is 11.5. The van der Waals surface area contributed by atoms with Gasteiger partial charge in [-0.05, 0) is 53.4 Å². The van der Waals surface area contributed by atoms with Gasteiger partial charge in [0.1, 0.15) is 17.7 Å². The predicted octanol–water partition coefficient (Wildman–Crippen LogP) is 4.87. The predicted molar refractivity (Wildman–Crippen MR) is 119 cm³/mol. The molecule has 0 aliphatic heterocycles. The topological polar surface area (TPSA) is 93.7 Å². The quantitative estimate of drug-likeness (QED) is 0.287. The van der Waals surface area contributed by atoms with Gasteiger partial charge in [0, 0.05) is 13.5 Å². The molecule has 0 fully saturated rings. The summed E-state index contributed by atoms with van der Waals surface area (Å²) in [7, 11) is 1.61. The molecule has 0 aromatic rings. The Morgan fingerprint density at radius 1 is 0.900 bits per heavy atom. The molecule has 7 heteroatoms.